The molecule has 0 saturated heterocycles. The van der Waals surface area contributed by atoms with Crippen LogP contribution >= 0.6 is 11.6 Å². The monoisotopic (exact) mass is 284 g/mol. The lowest BCUT2D eigenvalue weighted by atomic mass is 10.2. The number of benzene rings is 1. The maximum absolute atomic E-state index is 12.0. The van der Waals surface area contributed by atoms with Gasteiger partial charge in [-0.25, -0.2) is 0 Å². The third-order valence-electron chi connectivity index (χ3n) is 2.88. The number of carbonyl (C=O) groups excluding carboxylic acids is 1. The number of hydrogen-bond donors (Lipinski definition) is 2. The molecule has 0 aliphatic heterocycles. The summed E-state index contributed by atoms with van der Waals surface area (Å²) in [6.45, 7) is 3.01. The molecular formula is C14H21ClN2O2. The minimum Gasteiger partial charge on any atom is -0.395 e. The first kappa shape index (κ1) is 16.0. The van der Waals surface area contributed by atoms with Gasteiger partial charge in [-0.2, -0.15) is 0 Å². The summed E-state index contributed by atoms with van der Waals surface area (Å²) in [7, 11) is 1.77. The van der Waals surface area contributed by atoms with Crippen LogP contribution in [0.1, 0.15) is 18.9 Å². The van der Waals surface area contributed by atoms with Gasteiger partial charge in [-0.1, -0.05) is 29.8 Å². The molecule has 0 aromatic heterocycles. The molecule has 0 fully saturated rings. The van der Waals surface area contributed by atoms with Gasteiger partial charge in [-0.15, -0.1) is 0 Å². The highest BCUT2D eigenvalue weighted by Gasteiger charge is 2.14. The van der Waals surface area contributed by atoms with Crippen LogP contribution in [-0.2, 0) is 11.3 Å². The smallest absolute Gasteiger partial charge is 0.224 e. The molecule has 0 heterocycles. The van der Waals surface area contributed by atoms with Crippen LogP contribution in [0, 0.1) is 0 Å². The third kappa shape index (κ3) is 5.59. The largest absolute Gasteiger partial charge is 0.395 e. The molecule has 19 heavy (non-hydrogen) atoms. The topological polar surface area (TPSA) is 52.6 Å². The highest BCUT2D eigenvalue weighted by molar-refractivity contribution is 6.31. The predicted molar refractivity (Wildman–Crippen MR) is 77.1 cm³/mol. The second kappa shape index (κ2) is 8.15. The molecule has 0 aliphatic rings. The van der Waals surface area contributed by atoms with Crippen molar-refractivity contribution in [1.29, 1.82) is 0 Å². The summed E-state index contributed by atoms with van der Waals surface area (Å²) in [5, 5.41) is 12.5. The molecule has 106 valence electrons. The summed E-state index contributed by atoms with van der Waals surface area (Å²) >= 11 is 6.07. The Morgan fingerprint density at radius 3 is 2.79 bits per heavy atom. The lowest BCUT2D eigenvalue weighted by molar-refractivity contribution is -0.130. The van der Waals surface area contributed by atoms with Gasteiger partial charge in [-0.3, -0.25) is 4.79 Å². The first-order valence-corrected chi connectivity index (χ1v) is 6.74. The van der Waals surface area contributed by atoms with E-state index in [0.29, 0.717) is 24.5 Å². The highest BCUT2D eigenvalue weighted by Crippen LogP contribution is 2.16. The average molecular weight is 285 g/mol. The van der Waals surface area contributed by atoms with Crippen molar-refractivity contribution in [3.8, 4) is 0 Å². The quantitative estimate of drug-likeness (QED) is 0.801. The third-order valence-corrected chi connectivity index (χ3v) is 3.25. The second-order valence-corrected chi connectivity index (χ2v) is 5.03. The van der Waals surface area contributed by atoms with Gasteiger partial charge in [0.2, 0.25) is 5.91 Å². The van der Waals surface area contributed by atoms with E-state index in [0.717, 1.165) is 5.56 Å². The summed E-state index contributed by atoms with van der Waals surface area (Å²) in [4.78, 5) is 13.7. The van der Waals surface area contributed by atoms with E-state index < -0.39 is 0 Å². The van der Waals surface area contributed by atoms with Crippen molar-refractivity contribution < 1.29 is 9.90 Å². The zero-order valence-electron chi connectivity index (χ0n) is 11.4. The zero-order chi connectivity index (χ0) is 14.3. The van der Waals surface area contributed by atoms with Gasteiger partial charge < -0.3 is 15.3 Å². The molecule has 1 atom stereocenters. The Hall–Kier alpha value is -1.10. The minimum absolute atomic E-state index is 0.0494. The number of rotatable bonds is 7. The van der Waals surface area contributed by atoms with Crippen molar-refractivity contribution in [3.63, 3.8) is 0 Å². The van der Waals surface area contributed by atoms with E-state index in [1.165, 1.54) is 0 Å². The van der Waals surface area contributed by atoms with Crippen molar-refractivity contribution in [2.24, 2.45) is 0 Å². The fourth-order valence-corrected chi connectivity index (χ4v) is 1.97. The van der Waals surface area contributed by atoms with Crippen LogP contribution < -0.4 is 5.32 Å². The SMILES string of the molecule is CC(CC(=O)N(C)Cc1ccccc1Cl)NCCO. The van der Waals surface area contributed by atoms with E-state index in [4.69, 9.17) is 16.7 Å². The molecule has 1 unspecified atom stereocenters. The summed E-state index contributed by atoms with van der Waals surface area (Å²) in [5.41, 5.74) is 0.941. The summed E-state index contributed by atoms with van der Waals surface area (Å²) in [6.07, 6.45) is 0.404. The van der Waals surface area contributed by atoms with Gasteiger partial charge in [0.25, 0.3) is 0 Å². The molecule has 4 nitrogen and oxygen atoms in total. The molecule has 0 bridgehead atoms. The lowest BCUT2D eigenvalue weighted by Crippen LogP contribution is -2.35. The summed E-state index contributed by atoms with van der Waals surface area (Å²) in [5.74, 6) is 0.0536. The first-order chi connectivity index (χ1) is 9.04. The molecule has 5 heteroatoms. The molecule has 0 spiro atoms. The van der Waals surface area contributed by atoms with Crippen molar-refractivity contribution >= 4 is 17.5 Å². The van der Waals surface area contributed by atoms with Gasteiger partial charge in [0, 0.05) is 37.6 Å². The average Bonchev–Trinajstić information content (AvgIpc) is 2.38. The number of aliphatic hydroxyl groups excluding tert-OH is 1. The molecule has 1 aromatic rings. The van der Waals surface area contributed by atoms with E-state index in [-0.39, 0.29) is 18.6 Å². The van der Waals surface area contributed by atoms with Gasteiger partial charge in [0.1, 0.15) is 0 Å². The minimum atomic E-state index is 0.0494. The molecular weight excluding hydrogens is 264 g/mol. The maximum atomic E-state index is 12.0. The zero-order valence-corrected chi connectivity index (χ0v) is 12.2. The van der Waals surface area contributed by atoms with Crippen LogP contribution in [0.4, 0.5) is 0 Å². The number of hydrogen-bond acceptors (Lipinski definition) is 3. The van der Waals surface area contributed by atoms with Crippen LogP contribution in [0.2, 0.25) is 5.02 Å². The summed E-state index contributed by atoms with van der Waals surface area (Å²) < 4.78 is 0. The van der Waals surface area contributed by atoms with Crippen LogP contribution in [0.15, 0.2) is 24.3 Å². The Morgan fingerprint density at radius 1 is 1.47 bits per heavy atom. The van der Waals surface area contributed by atoms with Crippen LogP contribution in [0.5, 0.6) is 0 Å². The lowest BCUT2D eigenvalue weighted by Gasteiger charge is -2.20. The van der Waals surface area contributed by atoms with E-state index in [2.05, 4.69) is 5.32 Å². The van der Waals surface area contributed by atoms with Crippen molar-refractivity contribution in [1.82, 2.24) is 10.2 Å². The Kier molecular flexibility index (Phi) is 6.84. The maximum Gasteiger partial charge on any atom is 0.224 e. The van der Waals surface area contributed by atoms with E-state index in [9.17, 15) is 4.79 Å². The van der Waals surface area contributed by atoms with Crippen LogP contribution in [0.3, 0.4) is 0 Å². The van der Waals surface area contributed by atoms with Crippen molar-refractivity contribution in [3.05, 3.63) is 34.9 Å². The van der Waals surface area contributed by atoms with Crippen molar-refractivity contribution in [2.75, 3.05) is 20.2 Å². The molecule has 0 aliphatic carbocycles. The van der Waals surface area contributed by atoms with Crippen LogP contribution in [0.25, 0.3) is 0 Å². The predicted octanol–water partition coefficient (Wildman–Crippen LogP) is 1.66. The van der Waals surface area contributed by atoms with Gasteiger partial charge in [-0.05, 0) is 18.6 Å². The molecule has 0 saturated carbocycles. The normalized spacial score (nSPS) is 12.2. The first-order valence-electron chi connectivity index (χ1n) is 6.36. The Balaban J connectivity index is 2.47. The number of carbonyl (C=O) groups is 1. The molecule has 1 amide bonds. The number of nitrogens with zero attached hydrogens (tertiary/aromatic N) is 1. The standard InChI is InChI=1S/C14H21ClN2O2/c1-11(16-7-8-18)9-14(19)17(2)10-12-5-3-4-6-13(12)15/h3-6,11,16,18H,7-10H2,1-2H3. The van der Waals surface area contributed by atoms with E-state index >= 15 is 0 Å². The molecule has 2 N–H and O–H groups in total. The molecule has 1 rings (SSSR count). The van der Waals surface area contributed by atoms with Gasteiger partial charge >= 0.3 is 0 Å². The highest BCUT2D eigenvalue weighted by atomic mass is 35.5. The Bertz CT molecular complexity index is 412. The molecule has 1 aromatic carbocycles. The number of amides is 1. The van der Waals surface area contributed by atoms with Crippen molar-refractivity contribution in [2.45, 2.75) is 25.9 Å². The van der Waals surface area contributed by atoms with Gasteiger partial charge in [0.15, 0.2) is 0 Å². The molecule has 0 radical (unpaired) electrons. The fraction of sp³-hybridized carbons (Fsp3) is 0.500. The number of aliphatic hydroxyl groups is 1. The second-order valence-electron chi connectivity index (χ2n) is 4.62. The van der Waals surface area contributed by atoms with Gasteiger partial charge in [0.05, 0.1) is 6.61 Å². The Morgan fingerprint density at radius 2 is 2.16 bits per heavy atom. The summed E-state index contributed by atoms with van der Waals surface area (Å²) in [6, 6.07) is 7.56. The van der Waals surface area contributed by atoms with Crippen LogP contribution in [-0.4, -0.2) is 42.2 Å². The van der Waals surface area contributed by atoms with E-state index in [1.807, 2.05) is 31.2 Å². The fourth-order valence-electron chi connectivity index (χ4n) is 1.77. The number of nitrogens with one attached hydrogen (secondary N) is 1. The number of halogens is 1. The Labute approximate surface area is 119 Å². The van der Waals surface area contributed by atoms with E-state index in [1.54, 1.807) is 11.9 Å².